The molecule has 0 spiro atoms. The third-order valence-electron chi connectivity index (χ3n) is 4.33. The van der Waals surface area contributed by atoms with E-state index in [1.165, 1.54) is 29.5 Å². The number of carbonyl (C=O) groups excluding carboxylic acids is 1. The number of nitrogens with zero attached hydrogens (tertiary/aromatic N) is 1. The highest BCUT2D eigenvalue weighted by Gasteiger charge is 2.13. The van der Waals surface area contributed by atoms with Gasteiger partial charge in [0.15, 0.2) is 21.6 Å². The number of carbonyl (C=O) groups is 1. The van der Waals surface area contributed by atoms with E-state index < -0.39 is 21.4 Å². The molecule has 0 saturated heterocycles. The van der Waals surface area contributed by atoms with E-state index in [-0.39, 0.29) is 11.5 Å². The zero-order valence-corrected chi connectivity index (χ0v) is 17.6. The van der Waals surface area contributed by atoms with Crippen LogP contribution in [0.4, 0.5) is 5.13 Å². The van der Waals surface area contributed by atoms with Crippen molar-refractivity contribution in [3.63, 3.8) is 0 Å². The Kier molecular flexibility index (Phi) is 5.04. The Morgan fingerprint density at radius 3 is 2.77 bits per heavy atom. The molecule has 1 amide bonds. The minimum atomic E-state index is -3.32. The van der Waals surface area contributed by atoms with Crippen LogP contribution in [0, 0.1) is 6.92 Å². The smallest absolute Gasteiger partial charge is 0.336 e. The summed E-state index contributed by atoms with van der Waals surface area (Å²) in [6.07, 6.45) is 1.13. The minimum Gasteiger partial charge on any atom is -0.484 e. The first-order valence-electron chi connectivity index (χ1n) is 8.77. The second kappa shape index (κ2) is 7.54. The first-order valence-corrected chi connectivity index (χ1v) is 11.5. The van der Waals surface area contributed by atoms with Gasteiger partial charge in [-0.05, 0) is 42.8 Å². The lowest BCUT2D eigenvalue weighted by molar-refractivity contribution is -0.118. The summed E-state index contributed by atoms with van der Waals surface area (Å²) in [5.74, 6) is -0.0447. The molecule has 2 aromatic heterocycles. The van der Waals surface area contributed by atoms with E-state index in [0.717, 1.165) is 17.2 Å². The van der Waals surface area contributed by atoms with Gasteiger partial charge in [-0.3, -0.25) is 10.1 Å². The van der Waals surface area contributed by atoms with Crippen LogP contribution in [0.15, 0.2) is 56.6 Å². The van der Waals surface area contributed by atoms with Crippen molar-refractivity contribution in [1.82, 2.24) is 4.98 Å². The van der Waals surface area contributed by atoms with E-state index in [9.17, 15) is 18.0 Å². The SMILES string of the molecule is Cc1cc(=O)oc2cc(OCC(=O)Nc3nc4ccc(S(C)(=O)=O)cc4s3)ccc12. The lowest BCUT2D eigenvalue weighted by Crippen LogP contribution is -2.20. The summed E-state index contributed by atoms with van der Waals surface area (Å²) in [4.78, 5) is 28.2. The summed E-state index contributed by atoms with van der Waals surface area (Å²) in [6, 6.07) is 11.0. The zero-order valence-electron chi connectivity index (χ0n) is 16.0. The Balaban J connectivity index is 1.46. The van der Waals surface area contributed by atoms with Gasteiger partial charge in [-0.1, -0.05) is 11.3 Å². The third-order valence-corrected chi connectivity index (χ3v) is 6.37. The van der Waals surface area contributed by atoms with E-state index >= 15 is 0 Å². The molecule has 2 aromatic carbocycles. The molecule has 4 rings (SSSR count). The molecule has 0 fully saturated rings. The van der Waals surface area contributed by atoms with Crippen molar-refractivity contribution < 1.29 is 22.4 Å². The van der Waals surface area contributed by atoms with Gasteiger partial charge in [0.2, 0.25) is 0 Å². The molecule has 0 saturated carbocycles. The fourth-order valence-corrected chi connectivity index (χ4v) is 4.53. The highest BCUT2D eigenvalue weighted by atomic mass is 32.2. The Morgan fingerprint density at radius 1 is 1.20 bits per heavy atom. The van der Waals surface area contributed by atoms with Crippen molar-refractivity contribution >= 4 is 53.4 Å². The number of ether oxygens (including phenoxy) is 1. The van der Waals surface area contributed by atoms with Crippen molar-refractivity contribution in [2.75, 3.05) is 18.2 Å². The normalized spacial score (nSPS) is 11.7. The van der Waals surface area contributed by atoms with Crippen LogP contribution in [-0.2, 0) is 14.6 Å². The first-order chi connectivity index (χ1) is 14.2. The molecule has 10 heteroatoms. The van der Waals surface area contributed by atoms with E-state index in [2.05, 4.69) is 10.3 Å². The maximum absolute atomic E-state index is 12.2. The van der Waals surface area contributed by atoms with Crippen molar-refractivity contribution in [2.24, 2.45) is 0 Å². The number of thiazole rings is 1. The lowest BCUT2D eigenvalue weighted by Gasteiger charge is -2.07. The summed E-state index contributed by atoms with van der Waals surface area (Å²) in [5.41, 5.74) is 1.31. The topological polar surface area (TPSA) is 116 Å². The quantitative estimate of drug-likeness (QED) is 0.470. The van der Waals surface area contributed by atoms with E-state index in [1.807, 2.05) is 6.92 Å². The second-order valence-electron chi connectivity index (χ2n) is 6.66. The summed E-state index contributed by atoms with van der Waals surface area (Å²) >= 11 is 1.17. The van der Waals surface area contributed by atoms with Crippen molar-refractivity contribution in [3.8, 4) is 5.75 Å². The number of hydrogen-bond acceptors (Lipinski definition) is 8. The van der Waals surface area contributed by atoms with Crippen LogP contribution in [0.1, 0.15) is 5.56 Å². The van der Waals surface area contributed by atoms with Gasteiger partial charge in [-0.15, -0.1) is 0 Å². The Bertz CT molecular complexity index is 1450. The number of hydrogen-bond donors (Lipinski definition) is 1. The number of nitrogens with one attached hydrogen (secondary N) is 1. The van der Waals surface area contributed by atoms with Crippen LogP contribution < -0.4 is 15.7 Å². The number of rotatable bonds is 5. The van der Waals surface area contributed by atoms with Crippen LogP contribution in [0.3, 0.4) is 0 Å². The van der Waals surface area contributed by atoms with Gasteiger partial charge in [0.05, 0.1) is 15.1 Å². The molecular formula is C20H16N2O6S2. The van der Waals surface area contributed by atoms with E-state index in [1.54, 1.807) is 24.3 Å². The monoisotopic (exact) mass is 444 g/mol. The highest BCUT2D eigenvalue weighted by Crippen LogP contribution is 2.28. The predicted octanol–water partition coefficient (Wildman–Crippen LogP) is 3.13. The van der Waals surface area contributed by atoms with Crippen LogP contribution in [0.5, 0.6) is 5.75 Å². The summed E-state index contributed by atoms with van der Waals surface area (Å²) in [6.45, 7) is 1.54. The number of fused-ring (bicyclic) bond motifs is 2. The Labute approximate surface area is 175 Å². The van der Waals surface area contributed by atoms with E-state index in [0.29, 0.717) is 26.7 Å². The van der Waals surface area contributed by atoms with Gasteiger partial charge in [0.1, 0.15) is 11.3 Å². The Morgan fingerprint density at radius 2 is 2.00 bits per heavy atom. The maximum atomic E-state index is 12.2. The van der Waals surface area contributed by atoms with Gasteiger partial charge in [-0.25, -0.2) is 18.2 Å². The molecule has 0 aliphatic carbocycles. The zero-order chi connectivity index (χ0) is 21.5. The molecule has 8 nitrogen and oxygen atoms in total. The van der Waals surface area contributed by atoms with Gasteiger partial charge in [0.25, 0.3) is 5.91 Å². The van der Waals surface area contributed by atoms with Crippen molar-refractivity contribution in [2.45, 2.75) is 11.8 Å². The number of anilines is 1. The average molecular weight is 444 g/mol. The van der Waals surface area contributed by atoms with Gasteiger partial charge in [0, 0.05) is 23.8 Å². The summed E-state index contributed by atoms with van der Waals surface area (Å²) < 4.78 is 34.7. The number of benzene rings is 2. The molecule has 30 heavy (non-hydrogen) atoms. The highest BCUT2D eigenvalue weighted by molar-refractivity contribution is 7.90. The third kappa shape index (κ3) is 4.19. The van der Waals surface area contributed by atoms with Gasteiger partial charge in [-0.2, -0.15) is 0 Å². The molecule has 1 N–H and O–H groups in total. The standard InChI is InChI=1S/C20H16N2O6S2/c1-11-7-19(24)28-16-8-12(3-5-14(11)16)27-10-18(23)22-20-21-15-6-4-13(30(2,25)26)9-17(15)29-20/h3-9H,10H2,1-2H3,(H,21,22,23). The maximum Gasteiger partial charge on any atom is 0.336 e. The van der Waals surface area contributed by atoms with Crippen molar-refractivity contribution in [1.29, 1.82) is 0 Å². The van der Waals surface area contributed by atoms with Crippen LogP contribution in [-0.4, -0.2) is 32.2 Å². The molecule has 4 aromatic rings. The van der Waals surface area contributed by atoms with E-state index in [4.69, 9.17) is 9.15 Å². The molecule has 0 aliphatic heterocycles. The molecule has 0 radical (unpaired) electrons. The fourth-order valence-electron chi connectivity index (χ4n) is 2.89. The molecule has 154 valence electrons. The van der Waals surface area contributed by atoms with Crippen LogP contribution in [0.25, 0.3) is 21.2 Å². The largest absolute Gasteiger partial charge is 0.484 e. The lowest BCUT2D eigenvalue weighted by atomic mass is 10.1. The molecule has 0 unspecified atom stereocenters. The Hall–Kier alpha value is -3.24. The molecule has 2 heterocycles. The molecule has 0 aliphatic rings. The van der Waals surface area contributed by atoms with Gasteiger partial charge >= 0.3 is 5.63 Å². The number of sulfone groups is 1. The average Bonchev–Trinajstić information content (AvgIpc) is 3.06. The first kappa shape index (κ1) is 20.0. The van der Waals surface area contributed by atoms with Crippen LogP contribution in [0.2, 0.25) is 0 Å². The predicted molar refractivity (Wildman–Crippen MR) is 114 cm³/mol. The molecule has 0 atom stereocenters. The van der Waals surface area contributed by atoms with Crippen molar-refractivity contribution in [3.05, 3.63) is 58.4 Å². The second-order valence-corrected chi connectivity index (χ2v) is 9.71. The fraction of sp³-hybridized carbons (Fsp3) is 0.150. The van der Waals surface area contributed by atoms with Gasteiger partial charge < -0.3 is 9.15 Å². The summed E-state index contributed by atoms with van der Waals surface area (Å²) in [5, 5.41) is 3.76. The molecular weight excluding hydrogens is 428 g/mol. The molecule has 0 bridgehead atoms. The number of amides is 1. The number of aromatic nitrogens is 1. The number of aryl methyl sites for hydroxylation is 1. The van der Waals surface area contributed by atoms with Crippen LogP contribution >= 0.6 is 11.3 Å². The summed E-state index contributed by atoms with van der Waals surface area (Å²) in [7, 11) is -3.32. The minimum absolute atomic E-state index is 0.193.